The highest BCUT2D eigenvalue weighted by Gasteiger charge is 2.54. The normalized spacial score (nSPS) is 21.5. The molecule has 6 rings (SSSR count). The quantitative estimate of drug-likeness (QED) is 0.299. The van der Waals surface area contributed by atoms with Gasteiger partial charge in [0.05, 0.1) is 14.2 Å². The second kappa shape index (κ2) is 8.12. The summed E-state index contributed by atoms with van der Waals surface area (Å²) in [6, 6.07) is 21.3. The molecule has 4 atom stereocenters. The molecule has 0 amide bonds. The molecule has 6 nitrogen and oxygen atoms in total. The summed E-state index contributed by atoms with van der Waals surface area (Å²) in [6.45, 7) is 0. The molecule has 0 fully saturated rings. The Balaban J connectivity index is 1.68. The van der Waals surface area contributed by atoms with Gasteiger partial charge in [0.25, 0.3) is 0 Å². The molecule has 36 heavy (non-hydrogen) atoms. The maximum absolute atomic E-state index is 11.1. The summed E-state index contributed by atoms with van der Waals surface area (Å²) < 4.78 is 11.5. The molecular weight excluding hydrogens is 456 g/mol. The first-order valence-corrected chi connectivity index (χ1v) is 11.8. The first-order chi connectivity index (χ1) is 17.4. The molecule has 2 aliphatic rings. The van der Waals surface area contributed by atoms with E-state index in [1.54, 1.807) is 44.6 Å². The Bertz CT molecular complexity index is 1460. The van der Waals surface area contributed by atoms with Crippen LogP contribution in [-0.2, 0) is 0 Å². The molecule has 0 aromatic heterocycles. The lowest BCUT2D eigenvalue weighted by Gasteiger charge is -2.23. The highest BCUT2D eigenvalue weighted by molar-refractivity contribution is 5.68. The van der Waals surface area contributed by atoms with E-state index in [0.717, 1.165) is 33.4 Å². The van der Waals surface area contributed by atoms with Gasteiger partial charge in [-0.05, 0) is 58.7 Å². The highest BCUT2D eigenvalue weighted by Crippen LogP contribution is 2.69. The van der Waals surface area contributed by atoms with Crippen LogP contribution in [0.25, 0.3) is 0 Å². The van der Waals surface area contributed by atoms with Crippen molar-refractivity contribution in [3.8, 4) is 34.5 Å². The second-order valence-corrected chi connectivity index (χ2v) is 9.49. The van der Waals surface area contributed by atoms with E-state index < -0.39 is 0 Å². The lowest BCUT2D eigenvalue weighted by molar-refractivity contribution is 0.390. The van der Waals surface area contributed by atoms with Crippen molar-refractivity contribution >= 4 is 0 Å². The van der Waals surface area contributed by atoms with Crippen LogP contribution in [0.3, 0.4) is 0 Å². The smallest absolute Gasteiger partial charge is 0.126 e. The third-order valence-corrected chi connectivity index (χ3v) is 7.73. The molecule has 0 spiro atoms. The summed E-state index contributed by atoms with van der Waals surface area (Å²) in [5, 5.41) is 41.5. The molecule has 6 heteroatoms. The van der Waals surface area contributed by atoms with Crippen molar-refractivity contribution < 1.29 is 29.9 Å². The fourth-order valence-electron chi connectivity index (χ4n) is 6.41. The fraction of sp³-hybridized carbons (Fsp3) is 0.200. The van der Waals surface area contributed by atoms with Crippen LogP contribution in [0.15, 0.2) is 72.8 Å². The minimum Gasteiger partial charge on any atom is -0.508 e. The Morgan fingerprint density at radius 3 is 1.61 bits per heavy atom. The van der Waals surface area contributed by atoms with Gasteiger partial charge in [-0.3, -0.25) is 0 Å². The summed E-state index contributed by atoms with van der Waals surface area (Å²) in [5.74, 6) is 1.14. The largest absolute Gasteiger partial charge is 0.508 e. The Hall–Kier alpha value is -4.32. The molecule has 0 heterocycles. The molecule has 4 aromatic rings. The highest BCUT2D eigenvalue weighted by atomic mass is 16.5. The summed E-state index contributed by atoms with van der Waals surface area (Å²) in [4.78, 5) is 0. The minimum absolute atomic E-state index is 0.00122. The number of aromatic hydroxyl groups is 4. The number of phenolic OH excluding ortho intramolecular Hbond substituents is 4. The molecule has 0 radical (unpaired) electrons. The van der Waals surface area contributed by atoms with Gasteiger partial charge in [-0.25, -0.2) is 0 Å². The fourth-order valence-corrected chi connectivity index (χ4v) is 6.41. The summed E-state index contributed by atoms with van der Waals surface area (Å²) in [5.41, 5.74) is 5.64. The van der Waals surface area contributed by atoms with Crippen molar-refractivity contribution in [2.24, 2.45) is 0 Å². The van der Waals surface area contributed by atoms with Crippen molar-refractivity contribution in [3.05, 3.63) is 106 Å². The molecule has 4 aromatic carbocycles. The van der Waals surface area contributed by atoms with Gasteiger partial charge in [0, 0.05) is 46.9 Å². The predicted molar refractivity (Wildman–Crippen MR) is 135 cm³/mol. The Morgan fingerprint density at radius 1 is 0.556 bits per heavy atom. The van der Waals surface area contributed by atoms with Crippen LogP contribution in [0.5, 0.6) is 34.5 Å². The number of hydrogen-bond acceptors (Lipinski definition) is 6. The molecule has 0 saturated carbocycles. The van der Waals surface area contributed by atoms with Crippen LogP contribution in [0.4, 0.5) is 0 Å². The van der Waals surface area contributed by atoms with Gasteiger partial charge < -0.3 is 29.9 Å². The zero-order valence-electron chi connectivity index (χ0n) is 19.8. The van der Waals surface area contributed by atoms with E-state index in [0.29, 0.717) is 11.5 Å². The van der Waals surface area contributed by atoms with Crippen LogP contribution >= 0.6 is 0 Å². The van der Waals surface area contributed by atoms with Crippen LogP contribution in [0.2, 0.25) is 0 Å². The van der Waals surface area contributed by atoms with Gasteiger partial charge in [-0.1, -0.05) is 24.3 Å². The monoisotopic (exact) mass is 482 g/mol. The summed E-state index contributed by atoms with van der Waals surface area (Å²) >= 11 is 0. The molecular formula is C30H26O6. The molecule has 0 aliphatic heterocycles. The van der Waals surface area contributed by atoms with Gasteiger partial charge in [0.15, 0.2) is 0 Å². The number of methoxy groups -OCH3 is 2. The zero-order chi connectivity index (χ0) is 25.1. The predicted octanol–water partition coefficient (Wildman–Crippen LogP) is 5.68. The number of benzene rings is 4. The van der Waals surface area contributed by atoms with Gasteiger partial charge in [0.1, 0.15) is 34.5 Å². The molecule has 0 bridgehead atoms. The molecule has 182 valence electrons. The number of rotatable bonds is 4. The Labute approximate surface area is 208 Å². The third kappa shape index (κ3) is 3.18. The van der Waals surface area contributed by atoms with E-state index >= 15 is 0 Å². The number of hydrogen-bond donors (Lipinski definition) is 4. The summed E-state index contributed by atoms with van der Waals surface area (Å²) in [7, 11) is 3.26. The minimum atomic E-state index is -0.233. The van der Waals surface area contributed by atoms with Crippen LogP contribution in [0, 0.1) is 0 Å². The SMILES string of the molecule is COc1cc(OC)c2c(c1)[C@H]1[C@@H](c3ccc(O)cc3)c3c(O)cc(O)cc3[C@H]1[C@@H]2c1ccc(O)cc1. The summed E-state index contributed by atoms with van der Waals surface area (Å²) in [6.07, 6.45) is 0. The van der Waals surface area contributed by atoms with Crippen molar-refractivity contribution in [1.29, 1.82) is 0 Å². The third-order valence-electron chi connectivity index (χ3n) is 7.73. The van der Waals surface area contributed by atoms with Crippen molar-refractivity contribution in [2.45, 2.75) is 23.7 Å². The van der Waals surface area contributed by atoms with Gasteiger partial charge >= 0.3 is 0 Å². The van der Waals surface area contributed by atoms with E-state index in [1.165, 1.54) is 6.07 Å². The topological polar surface area (TPSA) is 99.4 Å². The number of ether oxygens (including phenoxy) is 2. The van der Waals surface area contributed by atoms with Crippen molar-refractivity contribution in [2.75, 3.05) is 14.2 Å². The average Bonchev–Trinajstić information content (AvgIpc) is 3.38. The van der Waals surface area contributed by atoms with Crippen LogP contribution in [-0.4, -0.2) is 34.6 Å². The Kier molecular flexibility index (Phi) is 5.00. The van der Waals surface area contributed by atoms with E-state index in [2.05, 4.69) is 0 Å². The molecule has 0 unspecified atom stereocenters. The van der Waals surface area contributed by atoms with E-state index in [9.17, 15) is 20.4 Å². The van der Waals surface area contributed by atoms with Gasteiger partial charge in [-0.15, -0.1) is 0 Å². The van der Waals surface area contributed by atoms with E-state index in [1.807, 2.05) is 36.4 Å². The van der Waals surface area contributed by atoms with E-state index in [4.69, 9.17) is 9.47 Å². The first-order valence-electron chi connectivity index (χ1n) is 11.8. The van der Waals surface area contributed by atoms with Crippen molar-refractivity contribution in [1.82, 2.24) is 0 Å². The standard InChI is InChI=1S/C30H26O6/c1-35-20-13-22-28(24(14-20)36-2)26(16-5-9-18(32)10-6-16)29-21-11-19(33)12-23(34)27(21)25(30(22)29)15-3-7-17(31)8-4-15/h3-14,25-26,29-34H,1-2H3/t25-,26+,29-,30-/m0/s1. The zero-order valence-corrected chi connectivity index (χ0v) is 19.8. The molecule has 4 N–H and O–H groups in total. The lowest BCUT2D eigenvalue weighted by atomic mass is 9.79. The number of fused-ring (bicyclic) bond motifs is 5. The Morgan fingerprint density at radius 2 is 1.08 bits per heavy atom. The molecule has 0 saturated heterocycles. The maximum Gasteiger partial charge on any atom is 0.126 e. The molecule has 2 aliphatic carbocycles. The second-order valence-electron chi connectivity index (χ2n) is 9.49. The van der Waals surface area contributed by atoms with Crippen LogP contribution < -0.4 is 9.47 Å². The van der Waals surface area contributed by atoms with Gasteiger partial charge in [0.2, 0.25) is 0 Å². The van der Waals surface area contributed by atoms with E-state index in [-0.39, 0.29) is 46.7 Å². The maximum atomic E-state index is 11.1. The first kappa shape index (κ1) is 22.2. The number of phenols is 4. The van der Waals surface area contributed by atoms with Crippen molar-refractivity contribution in [3.63, 3.8) is 0 Å². The van der Waals surface area contributed by atoms with Crippen LogP contribution in [0.1, 0.15) is 57.1 Å². The average molecular weight is 483 g/mol. The lowest BCUT2D eigenvalue weighted by Crippen LogP contribution is -2.10. The van der Waals surface area contributed by atoms with Gasteiger partial charge in [-0.2, -0.15) is 0 Å².